The summed E-state index contributed by atoms with van der Waals surface area (Å²) in [6.07, 6.45) is 5.65. The molecule has 4 aromatic rings. The van der Waals surface area contributed by atoms with Crippen LogP contribution >= 0.6 is 11.3 Å². The van der Waals surface area contributed by atoms with E-state index in [1.54, 1.807) is 0 Å². The number of benzene rings is 2. The molecule has 1 amide bonds. The zero-order valence-electron chi connectivity index (χ0n) is 21.1. The van der Waals surface area contributed by atoms with Gasteiger partial charge in [-0.1, -0.05) is 18.2 Å². The number of rotatable bonds is 4. The number of halogens is 2. The molecule has 0 bridgehead atoms. The molecule has 0 saturated carbocycles. The lowest BCUT2D eigenvalue weighted by Gasteiger charge is -2.28. The van der Waals surface area contributed by atoms with E-state index >= 15 is 0 Å². The van der Waals surface area contributed by atoms with Crippen molar-refractivity contribution in [2.45, 2.75) is 26.2 Å². The second-order valence-corrected chi connectivity index (χ2v) is 10.4. The topological polar surface area (TPSA) is 70.2 Å². The third-order valence-electron chi connectivity index (χ3n) is 6.71. The summed E-state index contributed by atoms with van der Waals surface area (Å²) in [5, 5.41) is 6.47. The number of pyridine rings is 1. The van der Waals surface area contributed by atoms with E-state index in [1.807, 2.05) is 22.9 Å². The highest BCUT2D eigenvalue weighted by Crippen LogP contribution is 2.38. The van der Waals surface area contributed by atoms with Crippen molar-refractivity contribution < 1.29 is 13.6 Å². The molecule has 1 aliphatic heterocycles. The van der Waals surface area contributed by atoms with Crippen LogP contribution in [-0.4, -0.2) is 42.6 Å². The Kier molecular flexibility index (Phi) is 8.05. The fraction of sp³-hybridized carbons (Fsp3) is 0.276. The first-order valence-electron chi connectivity index (χ1n) is 12.7. The van der Waals surface area contributed by atoms with Gasteiger partial charge in [0.1, 0.15) is 23.1 Å². The molecule has 2 aromatic heterocycles. The van der Waals surface area contributed by atoms with Gasteiger partial charge in [0.2, 0.25) is 6.41 Å². The molecular formula is C29H29F2N5OS. The van der Waals surface area contributed by atoms with Crippen LogP contribution in [0.1, 0.15) is 22.7 Å². The van der Waals surface area contributed by atoms with Crippen molar-refractivity contribution in [3.8, 4) is 21.6 Å². The first-order chi connectivity index (χ1) is 18.5. The van der Waals surface area contributed by atoms with Gasteiger partial charge in [0.05, 0.1) is 15.6 Å². The number of nitrogens with zero attached hydrogens (tertiary/aromatic N) is 3. The van der Waals surface area contributed by atoms with Gasteiger partial charge in [0.15, 0.2) is 0 Å². The number of hydrogen-bond donors (Lipinski definition) is 2. The van der Waals surface area contributed by atoms with Crippen molar-refractivity contribution in [3.05, 3.63) is 82.6 Å². The summed E-state index contributed by atoms with van der Waals surface area (Å²) < 4.78 is 25.2. The lowest BCUT2D eigenvalue weighted by Crippen LogP contribution is -2.43. The number of aryl methyl sites for hydroxylation is 3. The number of amides is 1. The number of piperazine rings is 1. The zero-order valence-corrected chi connectivity index (χ0v) is 22.0. The van der Waals surface area contributed by atoms with Crippen LogP contribution in [0.25, 0.3) is 21.6 Å². The highest BCUT2D eigenvalue weighted by molar-refractivity contribution is 7.15. The van der Waals surface area contributed by atoms with E-state index in [-0.39, 0.29) is 6.41 Å². The number of aromatic nitrogens is 2. The summed E-state index contributed by atoms with van der Waals surface area (Å²) in [6.45, 7) is 6.23. The molecule has 6 rings (SSSR count). The Morgan fingerprint density at radius 2 is 1.79 bits per heavy atom. The van der Waals surface area contributed by atoms with Gasteiger partial charge in [-0.05, 0) is 73.2 Å². The monoisotopic (exact) mass is 533 g/mol. The molecule has 1 saturated heterocycles. The van der Waals surface area contributed by atoms with Crippen LogP contribution in [0.3, 0.4) is 0 Å². The summed E-state index contributed by atoms with van der Waals surface area (Å²) >= 11 is 1.83. The molecule has 1 aliphatic carbocycles. The Morgan fingerprint density at radius 3 is 2.50 bits per heavy atom. The van der Waals surface area contributed by atoms with E-state index in [2.05, 4.69) is 47.5 Å². The smallest absolute Gasteiger partial charge is 0.211 e. The van der Waals surface area contributed by atoms with Crippen LogP contribution in [0.4, 0.5) is 20.3 Å². The van der Waals surface area contributed by atoms with E-state index in [0.29, 0.717) is 0 Å². The van der Waals surface area contributed by atoms with E-state index in [0.717, 1.165) is 57.0 Å². The third-order valence-corrected chi connectivity index (χ3v) is 7.75. The fourth-order valence-corrected chi connectivity index (χ4v) is 5.83. The first-order valence-corrected chi connectivity index (χ1v) is 13.5. The van der Waals surface area contributed by atoms with E-state index in [9.17, 15) is 13.6 Å². The van der Waals surface area contributed by atoms with Gasteiger partial charge in [-0.3, -0.25) is 4.79 Å². The van der Waals surface area contributed by atoms with Crippen LogP contribution in [0, 0.1) is 18.6 Å². The second kappa shape index (κ2) is 11.8. The summed E-state index contributed by atoms with van der Waals surface area (Å²) in [7, 11) is 0. The molecule has 2 aromatic carbocycles. The average Bonchev–Trinajstić information content (AvgIpc) is 3.23. The zero-order chi connectivity index (χ0) is 26.5. The Morgan fingerprint density at radius 1 is 1.03 bits per heavy atom. The number of carbonyl (C=O) groups excluding carboxylic acids is 1. The summed E-state index contributed by atoms with van der Waals surface area (Å²) in [4.78, 5) is 23.1. The Hall–Kier alpha value is -3.69. The van der Waals surface area contributed by atoms with Crippen LogP contribution in [0.2, 0.25) is 0 Å². The maximum atomic E-state index is 12.6. The standard InChI is InChI=1S/C22H24N4S.C7H5F2NO/c1-15-25-20-4-2-3-16-5-6-17(13-19(16)22(20)27-15)18-7-8-21(24-14-18)26-11-9-23-10-12-26;8-5-2-1-3-6(9)7(5)10-4-11/h5-8,13-14,23H,2-4,9-12H2,1H3;1-4H,(H,10,11). The SMILES string of the molecule is Cc1nc2c(s1)-c1cc(-c3ccc(N4CCNCC4)nc3)ccc1CCC2.O=CNc1c(F)cccc1F. The molecule has 0 unspecified atom stereocenters. The summed E-state index contributed by atoms with van der Waals surface area (Å²) in [6, 6.07) is 14.6. The van der Waals surface area contributed by atoms with Crippen molar-refractivity contribution in [3.63, 3.8) is 0 Å². The summed E-state index contributed by atoms with van der Waals surface area (Å²) in [5.41, 5.74) is 6.11. The predicted molar refractivity (Wildman–Crippen MR) is 149 cm³/mol. The molecule has 3 heterocycles. The molecule has 196 valence electrons. The van der Waals surface area contributed by atoms with E-state index < -0.39 is 17.3 Å². The molecular weight excluding hydrogens is 504 g/mol. The molecule has 0 radical (unpaired) electrons. The minimum absolute atomic E-state index is 0.224. The van der Waals surface area contributed by atoms with Crippen molar-refractivity contribution >= 4 is 29.3 Å². The molecule has 6 nitrogen and oxygen atoms in total. The Balaban J connectivity index is 0.000000226. The van der Waals surface area contributed by atoms with E-state index in [4.69, 9.17) is 9.97 Å². The maximum Gasteiger partial charge on any atom is 0.211 e. The predicted octanol–water partition coefficient (Wildman–Crippen LogP) is 5.61. The van der Waals surface area contributed by atoms with Gasteiger partial charge in [-0.15, -0.1) is 11.3 Å². The molecule has 0 atom stereocenters. The third kappa shape index (κ3) is 5.74. The lowest BCUT2D eigenvalue weighted by atomic mass is 9.98. The molecule has 1 fully saturated rings. The minimum atomic E-state index is -0.780. The number of anilines is 2. The van der Waals surface area contributed by atoms with Gasteiger partial charge in [0, 0.05) is 37.9 Å². The number of nitrogens with one attached hydrogen (secondary N) is 2. The highest BCUT2D eigenvalue weighted by Gasteiger charge is 2.19. The Labute approximate surface area is 224 Å². The van der Waals surface area contributed by atoms with Crippen molar-refractivity contribution in [2.24, 2.45) is 0 Å². The van der Waals surface area contributed by atoms with Gasteiger partial charge >= 0.3 is 0 Å². The average molecular weight is 534 g/mol. The van der Waals surface area contributed by atoms with Crippen molar-refractivity contribution in [1.82, 2.24) is 15.3 Å². The lowest BCUT2D eigenvalue weighted by molar-refractivity contribution is -0.105. The normalized spacial score (nSPS) is 14.4. The fourth-order valence-electron chi connectivity index (χ4n) is 4.81. The molecule has 2 aliphatic rings. The van der Waals surface area contributed by atoms with Gasteiger partial charge in [-0.2, -0.15) is 0 Å². The molecule has 9 heteroatoms. The van der Waals surface area contributed by atoms with Crippen molar-refractivity contribution in [2.75, 3.05) is 36.4 Å². The van der Waals surface area contributed by atoms with Gasteiger partial charge < -0.3 is 15.5 Å². The van der Waals surface area contributed by atoms with Crippen LogP contribution < -0.4 is 15.5 Å². The summed E-state index contributed by atoms with van der Waals surface area (Å²) in [5.74, 6) is -0.482. The highest BCUT2D eigenvalue weighted by atomic mass is 32.1. The minimum Gasteiger partial charge on any atom is -0.354 e. The van der Waals surface area contributed by atoms with Crippen LogP contribution in [0.15, 0.2) is 54.7 Å². The second-order valence-electron chi connectivity index (χ2n) is 9.24. The van der Waals surface area contributed by atoms with Gasteiger partial charge in [0.25, 0.3) is 0 Å². The number of fused-ring (bicyclic) bond motifs is 3. The van der Waals surface area contributed by atoms with Gasteiger partial charge in [-0.25, -0.2) is 18.7 Å². The molecule has 38 heavy (non-hydrogen) atoms. The number of thiazole rings is 1. The first kappa shape index (κ1) is 25.9. The number of para-hydroxylation sites is 1. The number of hydrogen-bond acceptors (Lipinski definition) is 6. The largest absolute Gasteiger partial charge is 0.354 e. The van der Waals surface area contributed by atoms with Crippen LogP contribution in [0.5, 0.6) is 0 Å². The van der Waals surface area contributed by atoms with Crippen molar-refractivity contribution in [1.29, 1.82) is 0 Å². The van der Waals surface area contributed by atoms with Crippen LogP contribution in [-0.2, 0) is 17.6 Å². The quantitative estimate of drug-likeness (QED) is 0.334. The number of carbonyl (C=O) groups is 1. The maximum absolute atomic E-state index is 12.6. The Bertz CT molecular complexity index is 1400. The molecule has 0 spiro atoms. The van der Waals surface area contributed by atoms with E-state index in [1.165, 1.54) is 50.3 Å². The molecule has 2 N–H and O–H groups in total.